The smallest absolute Gasteiger partial charge is 0.395 e. The largest absolute Gasteiger partial charge is 0.493 e. The predicted molar refractivity (Wildman–Crippen MR) is 128 cm³/mol. The first-order valence-electron chi connectivity index (χ1n) is 11.5. The molecule has 8 nitrogen and oxygen atoms in total. The molecule has 4 rings (SSSR count). The molecule has 3 aromatic rings. The Bertz CT molecular complexity index is 1320. The Kier molecular flexibility index (Phi) is 7.24. The number of amides is 1. The first-order valence-corrected chi connectivity index (χ1v) is 11.5. The highest BCUT2D eigenvalue weighted by Gasteiger charge is 2.54. The molecule has 198 valence electrons. The highest BCUT2D eigenvalue weighted by molar-refractivity contribution is 5.81. The van der Waals surface area contributed by atoms with Gasteiger partial charge in [0, 0.05) is 23.7 Å². The van der Waals surface area contributed by atoms with Crippen LogP contribution in [0.2, 0.25) is 0 Å². The average molecular weight is 522 g/mol. The lowest BCUT2D eigenvalue weighted by atomic mass is 9.82. The number of alkyl halides is 3. The highest BCUT2D eigenvalue weighted by Crippen LogP contribution is 2.42. The van der Waals surface area contributed by atoms with E-state index in [0.717, 1.165) is 13.8 Å². The van der Waals surface area contributed by atoms with Gasteiger partial charge in [-0.25, -0.2) is 14.8 Å². The van der Waals surface area contributed by atoms with Gasteiger partial charge in [0.25, 0.3) is 0 Å². The van der Waals surface area contributed by atoms with E-state index < -0.39 is 35.5 Å². The number of nitrogens with zero attached hydrogens (tertiary/aromatic N) is 2. The number of fused-ring (bicyclic) bond motifs is 1. The molecular weight excluding hydrogens is 494 g/mol. The molecule has 1 aromatic heterocycles. The zero-order valence-electron chi connectivity index (χ0n) is 20.7. The molecule has 1 fully saturated rings. The summed E-state index contributed by atoms with van der Waals surface area (Å²) in [6.07, 6.45) is -3.88. The molecule has 2 aromatic carbocycles. The van der Waals surface area contributed by atoms with Gasteiger partial charge in [-0.2, -0.15) is 13.2 Å². The van der Waals surface area contributed by atoms with E-state index in [1.165, 1.54) is 32.5 Å². The monoisotopic (exact) mass is 521 g/mol. The lowest BCUT2D eigenvalue weighted by Crippen LogP contribution is -2.49. The van der Waals surface area contributed by atoms with Gasteiger partial charge in [-0.1, -0.05) is 12.1 Å². The van der Waals surface area contributed by atoms with Crippen LogP contribution < -0.4 is 25.6 Å². The molecule has 0 radical (unpaired) electrons. The van der Waals surface area contributed by atoms with Crippen molar-refractivity contribution >= 4 is 16.9 Å². The van der Waals surface area contributed by atoms with Crippen LogP contribution in [0, 0.1) is 11.2 Å². The molecule has 2 unspecified atom stereocenters. The third-order valence-electron chi connectivity index (χ3n) is 6.59. The third kappa shape index (κ3) is 5.44. The Balaban J connectivity index is 1.43. The summed E-state index contributed by atoms with van der Waals surface area (Å²) in [6.45, 7) is 2.20. The molecule has 1 saturated heterocycles. The summed E-state index contributed by atoms with van der Waals surface area (Å²) in [4.78, 5) is 21.4. The van der Waals surface area contributed by atoms with Crippen LogP contribution in [0.3, 0.4) is 0 Å². The van der Waals surface area contributed by atoms with Crippen LogP contribution >= 0.6 is 0 Å². The van der Waals surface area contributed by atoms with Crippen molar-refractivity contribution in [2.45, 2.75) is 45.1 Å². The van der Waals surface area contributed by atoms with Crippen LogP contribution in [0.25, 0.3) is 22.3 Å². The zero-order valence-corrected chi connectivity index (χ0v) is 20.7. The summed E-state index contributed by atoms with van der Waals surface area (Å²) in [6, 6.07) is 6.79. The third-order valence-corrected chi connectivity index (χ3v) is 6.59. The molecule has 1 amide bonds. The lowest BCUT2D eigenvalue weighted by molar-refractivity contribution is -0.220. The van der Waals surface area contributed by atoms with Gasteiger partial charge in [0.2, 0.25) is 5.91 Å². The normalized spacial score (nSPS) is 18.2. The number of aromatic nitrogens is 2. The van der Waals surface area contributed by atoms with E-state index in [-0.39, 0.29) is 18.4 Å². The summed E-state index contributed by atoms with van der Waals surface area (Å²) in [5.74, 6) is -0.151. The maximum Gasteiger partial charge on any atom is 0.395 e. The minimum Gasteiger partial charge on any atom is -0.493 e. The van der Waals surface area contributed by atoms with Crippen molar-refractivity contribution in [2.24, 2.45) is 5.41 Å². The van der Waals surface area contributed by atoms with E-state index >= 15 is 0 Å². The van der Waals surface area contributed by atoms with E-state index in [1.807, 2.05) is 0 Å². The van der Waals surface area contributed by atoms with Crippen LogP contribution in [0.4, 0.5) is 17.6 Å². The second kappa shape index (κ2) is 10.1. The maximum atomic E-state index is 14.9. The van der Waals surface area contributed by atoms with Crippen molar-refractivity contribution in [1.29, 1.82) is 0 Å². The van der Waals surface area contributed by atoms with Gasteiger partial charge in [0.05, 0.1) is 55.1 Å². The van der Waals surface area contributed by atoms with Gasteiger partial charge in [-0.05, 0) is 31.9 Å². The van der Waals surface area contributed by atoms with Gasteiger partial charge in [0.1, 0.15) is 5.82 Å². The number of halogens is 4. The minimum absolute atomic E-state index is 0.0248. The zero-order chi connectivity index (χ0) is 27.0. The number of ether oxygens (including phenoxy) is 2. The Morgan fingerprint density at radius 1 is 1.08 bits per heavy atom. The predicted octanol–water partition coefficient (Wildman–Crippen LogP) is 3.89. The van der Waals surface area contributed by atoms with Gasteiger partial charge < -0.3 is 14.8 Å². The molecular formula is C25H27F4N5O3. The van der Waals surface area contributed by atoms with Gasteiger partial charge in [-0.3, -0.25) is 15.2 Å². The van der Waals surface area contributed by atoms with Crippen molar-refractivity contribution in [3.63, 3.8) is 0 Å². The molecule has 0 saturated carbocycles. The Morgan fingerprint density at radius 3 is 2.38 bits per heavy atom. The Hall–Kier alpha value is -3.51. The van der Waals surface area contributed by atoms with E-state index in [0.29, 0.717) is 33.8 Å². The summed E-state index contributed by atoms with van der Waals surface area (Å²) in [5, 5.41) is 2.60. The summed E-state index contributed by atoms with van der Waals surface area (Å²) >= 11 is 0. The number of hydrogen-bond acceptors (Lipinski definition) is 7. The number of carbonyl (C=O) groups excluding carboxylic acids is 1. The summed E-state index contributed by atoms with van der Waals surface area (Å²) in [5.41, 5.74) is 5.41. The van der Waals surface area contributed by atoms with E-state index in [1.54, 1.807) is 18.2 Å². The minimum atomic E-state index is -4.41. The standard InChI is InChI=1S/C25H27F4N5O3/c1-24(2,25(27,28)29)21-11-22(34-33-21)32-23(35)8-13-5-6-14(7-15(13)26)18-12-30-16-9-19(36-3)20(37-4)10-17(16)31-18/h5-7,9-10,12,21-22,33-34H,8,11H2,1-4H3,(H,32,35). The van der Waals surface area contributed by atoms with Crippen LogP contribution in [0.1, 0.15) is 25.8 Å². The van der Waals surface area contributed by atoms with Crippen molar-refractivity contribution < 1.29 is 31.8 Å². The van der Waals surface area contributed by atoms with Crippen LogP contribution in [0.15, 0.2) is 36.5 Å². The molecule has 37 heavy (non-hydrogen) atoms. The van der Waals surface area contributed by atoms with Gasteiger partial charge in [-0.15, -0.1) is 0 Å². The quantitative estimate of drug-likeness (QED) is 0.406. The molecule has 0 spiro atoms. The van der Waals surface area contributed by atoms with E-state index in [4.69, 9.17) is 9.47 Å². The number of hydrogen-bond donors (Lipinski definition) is 3. The fourth-order valence-corrected chi connectivity index (χ4v) is 4.07. The number of nitrogens with one attached hydrogen (secondary N) is 3. The Morgan fingerprint density at radius 2 is 1.76 bits per heavy atom. The first kappa shape index (κ1) is 26.6. The van der Waals surface area contributed by atoms with Gasteiger partial charge in [0.15, 0.2) is 11.5 Å². The lowest BCUT2D eigenvalue weighted by Gasteiger charge is -2.33. The van der Waals surface area contributed by atoms with Crippen LogP contribution in [-0.4, -0.2) is 48.5 Å². The van der Waals surface area contributed by atoms with E-state index in [2.05, 4.69) is 26.1 Å². The van der Waals surface area contributed by atoms with Crippen molar-refractivity contribution in [2.75, 3.05) is 14.2 Å². The summed E-state index contributed by atoms with van der Waals surface area (Å²) in [7, 11) is 3.02. The van der Waals surface area contributed by atoms with Gasteiger partial charge >= 0.3 is 6.18 Å². The van der Waals surface area contributed by atoms with Crippen LogP contribution in [-0.2, 0) is 11.2 Å². The molecule has 12 heteroatoms. The Labute approximate surface area is 210 Å². The first-order chi connectivity index (χ1) is 17.4. The number of rotatable bonds is 7. The van der Waals surface area contributed by atoms with Crippen molar-refractivity contribution in [3.8, 4) is 22.8 Å². The fraction of sp³-hybridized carbons (Fsp3) is 0.400. The number of hydrazine groups is 1. The molecule has 3 N–H and O–H groups in total. The molecule has 1 aliphatic heterocycles. The molecule has 0 aliphatic carbocycles. The molecule has 2 atom stereocenters. The van der Waals surface area contributed by atoms with E-state index in [9.17, 15) is 22.4 Å². The molecule has 1 aliphatic rings. The molecule has 0 bridgehead atoms. The van der Waals surface area contributed by atoms with Crippen molar-refractivity contribution in [1.82, 2.24) is 26.1 Å². The highest BCUT2D eigenvalue weighted by atomic mass is 19.4. The van der Waals surface area contributed by atoms with Crippen molar-refractivity contribution in [3.05, 3.63) is 47.9 Å². The number of benzene rings is 2. The number of carbonyl (C=O) groups is 1. The second-order valence-corrected chi connectivity index (χ2v) is 9.35. The maximum absolute atomic E-state index is 14.9. The topological polar surface area (TPSA) is 97.4 Å². The molecule has 2 heterocycles. The SMILES string of the molecule is COc1cc2ncc(-c3ccc(CC(=O)NC4CC(C(C)(C)C(F)(F)F)NN4)c(F)c3)nc2cc1OC. The fourth-order valence-electron chi connectivity index (χ4n) is 4.07. The second-order valence-electron chi connectivity index (χ2n) is 9.35. The van der Waals surface area contributed by atoms with Crippen LogP contribution in [0.5, 0.6) is 11.5 Å². The summed E-state index contributed by atoms with van der Waals surface area (Å²) < 4.78 is 65.3. The average Bonchev–Trinajstić information content (AvgIpc) is 3.32. The number of methoxy groups -OCH3 is 2.